The van der Waals surface area contributed by atoms with Crippen LogP contribution in [0.25, 0.3) is 0 Å². The lowest BCUT2D eigenvalue weighted by Crippen LogP contribution is -1.75. The average Bonchev–Trinajstić information content (AvgIpc) is 1.98. The normalized spacial score (nSPS) is 12.0. The lowest BCUT2D eigenvalue weighted by Gasteiger charge is -1.95. The highest BCUT2D eigenvalue weighted by Crippen LogP contribution is 2.06. The second-order valence-electron chi connectivity index (χ2n) is 2.09. The van der Waals surface area contributed by atoms with Crippen LogP contribution in [0, 0.1) is 0 Å². The molecular weight excluding hydrogens is 120 g/mol. The van der Waals surface area contributed by atoms with Gasteiger partial charge in [-0.2, -0.15) is 0 Å². The first-order chi connectivity index (χ1) is 4.72. The molecule has 0 aliphatic heterocycles. The molecule has 0 N–H and O–H groups in total. The van der Waals surface area contributed by atoms with E-state index in [1.54, 1.807) is 6.08 Å². The number of hydrogen-bond donors (Lipinski definition) is 0. The fraction of sp³-hybridized carbons (Fsp3) is 0.200. The Morgan fingerprint density at radius 1 is 1.40 bits per heavy atom. The third kappa shape index (κ3) is 3.08. The minimum Gasteiger partial charge on any atom is -0.0991 e. The zero-order chi connectivity index (χ0) is 7.98. The summed E-state index contributed by atoms with van der Waals surface area (Å²) in [6.07, 6.45) is 7.61. The Morgan fingerprint density at radius 2 is 2.00 bits per heavy atom. The lowest BCUT2D eigenvalue weighted by molar-refractivity contribution is 1.41. The molecule has 0 saturated heterocycles. The lowest BCUT2D eigenvalue weighted by atomic mass is 10.1. The predicted octanol–water partition coefficient (Wildman–Crippen LogP) is 3.25. The van der Waals surface area contributed by atoms with Crippen LogP contribution in [0.4, 0.5) is 0 Å². The molecule has 0 bridgehead atoms. The van der Waals surface area contributed by atoms with E-state index in [9.17, 15) is 0 Å². The van der Waals surface area contributed by atoms with Crippen molar-refractivity contribution >= 4 is 0 Å². The van der Waals surface area contributed by atoms with E-state index in [1.807, 2.05) is 32.1 Å². The zero-order valence-corrected chi connectivity index (χ0v) is 6.72. The smallest absolute Gasteiger partial charge is 0.0303 e. The second kappa shape index (κ2) is 4.80. The van der Waals surface area contributed by atoms with Gasteiger partial charge in [-0.3, -0.25) is 0 Å². The van der Waals surface area contributed by atoms with Gasteiger partial charge in [-0.1, -0.05) is 37.5 Å². The van der Waals surface area contributed by atoms with Crippen LogP contribution in [0.2, 0.25) is 0 Å². The van der Waals surface area contributed by atoms with Crippen molar-refractivity contribution in [1.29, 1.82) is 0 Å². The van der Waals surface area contributed by atoms with Crippen LogP contribution in [0.1, 0.15) is 13.8 Å². The summed E-state index contributed by atoms with van der Waals surface area (Å²) in [6, 6.07) is 0. The third-order valence-electron chi connectivity index (χ3n) is 1.37. The summed E-state index contributed by atoms with van der Waals surface area (Å²) in [5.74, 6) is 0. The largest absolute Gasteiger partial charge is 0.0991 e. The summed E-state index contributed by atoms with van der Waals surface area (Å²) in [5, 5.41) is 0. The summed E-state index contributed by atoms with van der Waals surface area (Å²) < 4.78 is 0. The van der Waals surface area contributed by atoms with Gasteiger partial charge in [-0.15, -0.1) is 0 Å². The maximum Gasteiger partial charge on any atom is -0.0303 e. The molecule has 0 aliphatic carbocycles. The van der Waals surface area contributed by atoms with Crippen molar-refractivity contribution in [1.82, 2.24) is 0 Å². The highest BCUT2D eigenvalue weighted by atomic mass is 13.9. The maximum atomic E-state index is 3.86. The second-order valence-corrected chi connectivity index (χ2v) is 2.09. The van der Waals surface area contributed by atoms with Gasteiger partial charge in [0.05, 0.1) is 0 Å². The first kappa shape index (κ1) is 8.96. The number of hydrogen-bond acceptors (Lipinski definition) is 0. The third-order valence-corrected chi connectivity index (χ3v) is 1.37. The summed E-state index contributed by atoms with van der Waals surface area (Å²) >= 11 is 0. The molecule has 0 amide bonds. The van der Waals surface area contributed by atoms with Crippen molar-refractivity contribution in [2.24, 2.45) is 0 Å². The molecule has 0 saturated carbocycles. The molecule has 0 heterocycles. The summed E-state index contributed by atoms with van der Waals surface area (Å²) in [5.41, 5.74) is 2.25. The van der Waals surface area contributed by atoms with Gasteiger partial charge in [0.25, 0.3) is 0 Å². The SMILES string of the molecule is C=C/C=C\C(=C)/C(C)=C/C. The van der Waals surface area contributed by atoms with Crippen molar-refractivity contribution in [2.45, 2.75) is 13.8 Å². The molecule has 0 rings (SSSR count). The first-order valence-electron chi connectivity index (χ1n) is 3.33. The van der Waals surface area contributed by atoms with Gasteiger partial charge in [0, 0.05) is 0 Å². The van der Waals surface area contributed by atoms with Crippen LogP contribution in [0.5, 0.6) is 0 Å². The Morgan fingerprint density at radius 3 is 2.40 bits per heavy atom. The molecule has 0 spiro atoms. The van der Waals surface area contributed by atoms with E-state index in [0.717, 1.165) is 5.57 Å². The highest BCUT2D eigenvalue weighted by Gasteiger charge is 1.86. The summed E-state index contributed by atoms with van der Waals surface area (Å²) in [7, 11) is 0. The molecular formula is C10H14. The molecule has 0 aliphatic rings. The van der Waals surface area contributed by atoms with Crippen molar-refractivity contribution in [2.75, 3.05) is 0 Å². The van der Waals surface area contributed by atoms with Gasteiger partial charge in [-0.25, -0.2) is 0 Å². The molecule has 10 heavy (non-hydrogen) atoms. The Bertz CT molecular complexity index is 180. The fourth-order valence-corrected chi connectivity index (χ4v) is 0.501. The van der Waals surface area contributed by atoms with Crippen LogP contribution < -0.4 is 0 Å². The predicted molar refractivity (Wildman–Crippen MR) is 47.9 cm³/mol. The van der Waals surface area contributed by atoms with E-state index in [-0.39, 0.29) is 0 Å². The van der Waals surface area contributed by atoms with E-state index < -0.39 is 0 Å². The topological polar surface area (TPSA) is 0 Å². The van der Waals surface area contributed by atoms with Gasteiger partial charge in [0.2, 0.25) is 0 Å². The van der Waals surface area contributed by atoms with Crippen molar-refractivity contribution in [3.63, 3.8) is 0 Å². The first-order valence-corrected chi connectivity index (χ1v) is 3.33. The molecule has 0 aromatic rings. The quantitative estimate of drug-likeness (QED) is 0.520. The Hall–Kier alpha value is -1.04. The standard InChI is InChI=1S/C10H14/c1-5-7-8-10(4)9(3)6-2/h5-8H,1,4H2,2-3H3/b8-7-,9-6+. The number of allylic oxidation sites excluding steroid dienone is 6. The summed E-state index contributed by atoms with van der Waals surface area (Å²) in [6.45, 7) is 11.5. The molecule has 0 heteroatoms. The van der Waals surface area contributed by atoms with E-state index >= 15 is 0 Å². The van der Waals surface area contributed by atoms with Crippen LogP contribution in [-0.2, 0) is 0 Å². The zero-order valence-electron chi connectivity index (χ0n) is 6.72. The monoisotopic (exact) mass is 134 g/mol. The molecule has 0 atom stereocenters. The van der Waals surface area contributed by atoms with Crippen LogP contribution in [0.3, 0.4) is 0 Å². The Balaban J connectivity index is 4.10. The van der Waals surface area contributed by atoms with Crippen LogP contribution in [0.15, 0.2) is 48.6 Å². The molecule has 0 aromatic heterocycles. The highest BCUT2D eigenvalue weighted by molar-refractivity contribution is 5.36. The van der Waals surface area contributed by atoms with Gasteiger partial charge in [0.1, 0.15) is 0 Å². The van der Waals surface area contributed by atoms with E-state index in [1.165, 1.54) is 5.57 Å². The minimum atomic E-state index is 1.04. The fourth-order valence-electron chi connectivity index (χ4n) is 0.501. The van der Waals surface area contributed by atoms with Crippen molar-refractivity contribution in [3.8, 4) is 0 Å². The molecule has 54 valence electrons. The van der Waals surface area contributed by atoms with Gasteiger partial charge >= 0.3 is 0 Å². The maximum absolute atomic E-state index is 3.86. The average molecular weight is 134 g/mol. The molecule has 0 radical (unpaired) electrons. The minimum absolute atomic E-state index is 1.04. The van der Waals surface area contributed by atoms with Gasteiger partial charge in [0.15, 0.2) is 0 Å². The molecule has 0 nitrogen and oxygen atoms in total. The van der Waals surface area contributed by atoms with Gasteiger partial charge < -0.3 is 0 Å². The molecule has 0 unspecified atom stereocenters. The Labute approximate surface area is 63.3 Å². The van der Waals surface area contributed by atoms with Gasteiger partial charge in [-0.05, 0) is 25.0 Å². The molecule has 0 fully saturated rings. The van der Waals surface area contributed by atoms with E-state index in [2.05, 4.69) is 13.2 Å². The number of rotatable bonds is 3. The van der Waals surface area contributed by atoms with E-state index in [4.69, 9.17) is 0 Å². The van der Waals surface area contributed by atoms with E-state index in [0.29, 0.717) is 0 Å². The van der Waals surface area contributed by atoms with Crippen LogP contribution >= 0.6 is 0 Å². The van der Waals surface area contributed by atoms with Crippen molar-refractivity contribution < 1.29 is 0 Å². The Kier molecular flexibility index (Phi) is 4.30. The summed E-state index contributed by atoms with van der Waals surface area (Å²) in [4.78, 5) is 0. The molecule has 0 aromatic carbocycles. The van der Waals surface area contributed by atoms with Crippen molar-refractivity contribution in [3.05, 3.63) is 48.6 Å². The van der Waals surface area contributed by atoms with Crippen LogP contribution in [-0.4, -0.2) is 0 Å².